The summed E-state index contributed by atoms with van der Waals surface area (Å²) in [5.74, 6) is 2.43. The van der Waals surface area contributed by atoms with Crippen molar-refractivity contribution in [3.63, 3.8) is 0 Å². The quantitative estimate of drug-likeness (QED) is 0.102. The van der Waals surface area contributed by atoms with Crippen molar-refractivity contribution in [1.82, 2.24) is 0 Å². The smallest absolute Gasteiger partial charge is 0.119 e. The minimum atomic E-state index is 0.805. The molecule has 354 valence electrons. The molecule has 0 fully saturated rings. The maximum Gasteiger partial charge on any atom is 0.119 e. The van der Waals surface area contributed by atoms with E-state index in [4.69, 9.17) is 14.2 Å². The van der Waals surface area contributed by atoms with Gasteiger partial charge in [-0.25, -0.2) is 0 Å². The summed E-state index contributed by atoms with van der Waals surface area (Å²) in [5, 5.41) is 0. The van der Waals surface area contributed by atoms with Gasteiger partial charge in [0.05, 0.1) is 21.3 Å². The average molecular weight is 940 g/mol. The molecular formula is C66H57N3O3. The fourth-order valence-corrected chi connectivity index (χ4v) is 9.15. The number of nitrogens with zero attached hydrogens (tertiary/aromatic N) is 3. The van der Waals surface area contributed by atoms with Gasteiger partial charge in [-0.1, -0.05) is 89.5 Å². The summed E-state index contributed by atoms with van der Waals surface area (Å²) in [6, 6.07) is 84.3. The van der Waals surface area contributed by atoms with Crippen LogP contribution in [0.3, 0.4) is 0 Å². The van der Waals surface area contributed by atoms with Crippen LogP contribution < -0.4 is 28.9 Å². The Labute approximate surface area is 424 Å². The van der Waals surface area contributed by atoms with Crippen LogP contribution in [0.5, 0.6) is 17.2 Å². The van der Waals surface area contributed by atoms with E-state index in [9.17, 15) is 0 Å². The number of hydrogen-bond donors (Lipinski definition) is 0. The molecule has 0 radical (unpaired) electrons. The van der Waals surface area contributed by atoms with Gasteiger partial charge in [0.25, 0.3) is 0 Å². The van der Waals surface area contributed by atoms with Crippen LogP contribution in [0.1, 0.15) is 16.7 Å². The van der Waals surface area contributed by atoms with Gasteiger partial charge in [-0.05, 0) is 218 Å². The average Bonchev–Trinajstić information content (AvgIpc) is 3.43. The SMILES string of the molecule is COc1ccc(N(c2ccc(C)cc2)c2ccc(-c3cc(-c4ccc(N(c5ccc(C)cc5)c5ccc(C)cc5)cc4)cc(-c4ccc(N(c5ccc(OC)cc5)c5ccc(OC)cc5)cc4)c3)cc2)cc1. The molecule has 0 aliphatic carbocycles. The standard InChI is InChI=1S/C66H57N3O3/c1-46-7-19-55(20-8-46)67(56-21-9-47(2)10-22-56)58-25-13-49(14-26-58)52-43-53(50-15-27-59(28-16-50)68(57-23-11-48(3)12-24-57)61-31-37-64(70-4)38-32-61)45-54(44-52)51-17-29-60(30-18-51)69(62-33-39-65(71-5)40-34-62)63-35-41-66(72-6)42-36-63/h7-45H,1-6H3. The first-order valence-corrected chi connectivity index (χ1v) is 24.2. The lowest BCUT2D eigenvalue weighted by atomic mass is 9.93. The third kappa shape index (κ3) is 10.2. The largest absolute Gasteiger partial charge is 0.497 e. The van der Waals surface area contributed by atoms with Crippen LogP contribution in [0.25, 0.3) is 33.4 Å². The van der Waals surface area contributed by atoms with E-state index in [1.807, 2.05) is 36.4 Å². The summed E-state index contributed by atoms with van der Waals surface area (Å²) < 4.78 is 16.6. The molecule has 10 rings (SSSR count). The van der Waals surface area contributed by atoms with E-state index >= 15 is 0 Å². The molecule has 0 saturated heterocycles. The van der Waals surface area contributed by atoms with Crippen molar-refractivity contribution in [2.75, 3.05) is 36.0 Å². The predicted molar refractivity (Wildman–Crippen MR) is 301 cm³/mol. The second-order valence-electron chi connectivity index (χ2n) is 18.0. The van der Waals surface area contributed by atoms with Gasteiger partial charge < -0.3 is 28.9 Å². The number of ether oxygens (including phenoxy) is 3. The first kappa shape index (κ1) is 46.7. The number of methoxy groups -OCH3 is 3. The Morgan fingerprint density at radius 3 is 0.556 bits per heavy atom. The lowest BCUT2D eigenvalue weighted by Gasteiger charge is -2.26. The van der Waals surface area contributed by atoms with E-state index in [2.05, 4.69) is 236 Å². The molecule has 0 atom stereocenters. The van der Waals surface area contributed by atoms with Crippen LogP contribution >= 0.6 is 0 Å². The van der Waals surface area contributed by atoms with Crippen LogP contribution in [0.2, 0.25) is 0 Å². The Hall–Kier alpha value is -9.00. The molecule has 0 spiro atoms. The van der Waals surface area contributed by atoms with E-state index in [1.165, 1.54) is 16.7 Å². The molecule has 0 saturated carbocycles. The van der Waals surface area contributed by atoms with E-state index in [0.29, 0.717) is 0 Å². The number of benzene rings is 10. The highest BCUT2D eigenvalue weighted by atomic mass is 16.5. The molecule has 10 aromatic rings. The van der Waals surface area contributed by atoms with E-state index in [1.54, 1.807) is 21.3 Å². The predicted octanol–water partition coefficient (Wildman–Crippen LogP) is 18.0. The van der Waals surface area contributed by atoms with Crippen molar-refractivity contribution in [2.45, 2.75) is 20.8 Å². The van der Waals surface area contributed by atoms with E-state index in [0.717, 1.165) is 102 Å². The zero-order valence-electron chi connectivity index (χ0n) is 41.6. The maximum atomic E-state index is 5.52. The third-order valence-corrected chi connectivity index (χ3v) is 13.2. The molecule has 0 amide bonds. The van der Waals surface area contributed by atoms with Crippen molar-refractivity contribution in [3.8, 4) is 50.6 Å². The molecule has 0 unspecified atom stereocenters. The molecule has 0 bridgehead atoms. The van der Waals surface area contributed by atoms with Gasteiger partial charge in [-0.3, -0.25) is 0 Å². The number of anilines is 9. The highest BCUT2D eigenvalue weighted by molar-refractivity contribution is 5.86. The van der Waals surface area contributed by atoms with Crippen molar-refractivity contribution in [2.24, 2.45) is 0 Å². The highest BCUT2D eigenvalue weighted by Gasteiger charge is 2.18. The maximum absolute atomic E-state index is 5.52. The summed E-state index contributed by atoms with van der Waals surface area (Å²) in [4.78, 5) is 6.85. The molecular weight excluding hydrogens is 883 g/mol. The van der Waals surface area contributed by atoms with Gasteiger partial charge in [-0.2, -0.15) is 0 Å². The second-order valence-corrected chi connectivity index (χ2v) is 18.0. The molecule has 0 aromatic heterocycles. The van der Waals surface area contributed by atoms with E-state index < -0.39 is 0 Å². The van der Waals surface area contributed by atoms with Crippen LogP contribution in [0.15, 0.2) is 237 Å². The molecule has 0 N–H and O–H groups in total. The van der Waals surface area contributed by atoms with Gasteiger partial charge in [0.2, 0.25) is 0 Å². The van der Waals surface area contributed by atoms with Gasteiger partial charge in [-0.15, -0.1) is 0 Å². The van der Waals surface area contributed by atoms with Crippen molar-refractivity contribution >= 4 is 51.2 Å². The van der Waals surface area contributed by atoms with Crippen LogP contribution in [-0.2, 0) is 0 Å². The first-order chi connectivity index (χ1) is 35.2. The van der Waals surface area contributed by atoms with Crippen molar-refractivity contribution in [1.29, 1.82) is 0 Å². The number of aryl methyl sites for hydroxylation is 3. The van der Waals surface area contributed by atoms with Crippen molar-refractivity contribution < 1.29 is 14.2 Å². The molecule has 6 nitrogen and oxygen atoms in total. The van der Waals surface area contributed by atoms with Crippen LogP contribution in [0, 0.1) is 20.8 Å². The highest BCUT2D eigenvalue weighted by Crippen LogP contribution is 2.42. The Balaban J connectivity index is 1.05. The lowest BCUT2D eigenvalue weighted by molar-refractivity contribution is 0.414. The molecule has 0 aliphatic rings. The zero-order valence-corrected chi connectivity index (χ0v) is 41.6. The summed E-state index contributed by atoms with van der Waals surface area (Å²) in [6.07, 6.45) is 0. The minimum absolute atomic E-state index is 0.805. The summed E-state index contributed by atoms with van der Waals surface area (Å²) in [7, 11) is 5.08. The Bertz CT molecular complexity index is 3280. The topological polar surface area (TPSA) is 37.4 Å². The molecule has 6 heteroatoms. The second kappa shape index (κ2) is 20.9. The molecule has 0 aliphatic heterocycles. The Kier molecular flexibility index (Phi) is 13.6. The zero-order chi connectivity index (χ0) is 49.6. The Morgan fingerprint density at radius 2 is 0.375 bits per heavy atom. The lowest BCUT2D eigenvalue weighted by Crippen LogP contribution is -2.10. The van der Waals surface area contributed by atoms with Crippen LogP contribution in [-0.4, -0.2) is 21.3 Å². The van der Waals surface area contributed by atoms with Crippen LogP contribution in [0.4, 0.5) is 51.2 Å². The van der Waals surface area contributed by atoms with Gasteiger partial charge in [0.1, 0.15) is 17.2 Å². The number of rotatable bonds is 15. The molecule has 72 heavy (non-hydrogen) atoms. The van der Waals surface area contributed by atoms with Gasteiger partial charge >= 0.3 is 0 Å². The van der Waals surface area contributed by atoms with Gasteiger partial charge in [0.15, 0.2) is 0 Å². The minimum Gasteiger partial charge on any atom is -0.497 e. The third-order valence-electron chi connectivity index (χ3n) is 13.2. The fourth-order valence-electron chi connectivity index (χ4n) is 9.15. The summed E-state index contributed by atoms with van der Waals surface area (Å²) in [6.45, 7) is 6.37. The Morgan fingerprint density at radius 1 is 0.208 bits per heavy atom. The monoisotopic (exact) mass is 939 g/mol. The van der Waals surface area contributed by atoms with E-state index in [-0.39, 0.29) is 0 Å². The number of hydrogen-bond acceptors (Lipinski definition) is 6. The fraction of sp³-hybridized carbons (Fsp3) is 0.0909. The summed E-state index contributed by atoms with van der Waals surface area (Å²) >= 11 is 0. The summed E-state index contributed by atoms with van der Waals surface area (Å²) in [5.41, 5.74) is 19.9. The molecule has 10 aromatic carbocycles. The first-order valence-electron chi connectivity index (χ1n) is 24.2. The molecule has 0 heterocycles. The van der Waals surface area contributed by atoms with Crippen molar-refractivity contribution in [3.05, 3.63) is 253 Å². The van der Waals surface area contributed by atoms with Gasteiger partial charge in [0, 0.05) is 51.2 Å². The normalized spacial score (nSPS) is 10.9.